The van der Waals surface area contributed by atoms with Crippen molar-refractivity contribution in [3.8, 4) is 5.75 Å². The summed E-state index contributed by atoms with van der Waals surface area (Å²) in [5, 5.41) is 10.8. The number of hydrogen-bond donors (Lipinski definition) is 1. The number of aliphatic hydroxyl groups excluding tert-OH is 1. The van der Waals surface area contributed by atoms with Gasteiger partial charge in [-0.05, 0) is 35.4 Å². The van der Waals surface area contributed by atoms with Crippen molar-refractivity contribution in [2.75, 3.05) is 38.2 Å². The Labute approximate surface area is 148 Å². The van der Waals surface area contributed by atoms with Crippen molar-refractivity contribution >= 4 is 11.8 Å². The van der Waals surface area contributed by atoms with Crippen LogP contribution in [0.15, 0.2) is 54.6 Å². The van der Waals surface area contributed by atoms with Gasteiger partial charge >= 0.3 is 0 Å². The molecule has 2 aromatic rings. The van der Waals surface area contributed by atoms with Gasteiger partial charge in [0, 0.05) is 31.9 Å². The van der Waals surface area contributed by atoms with Crippen molar-refractivity contribution in [2.45, 2.75) is 12.1 Å². The molecule has 130 valence electrons. The van der Waals surface area contributed by atoms with Crippen molar-refractivity contribution in [1.82, 2.24) is 4.90 Å². The molecular weight excluding hydrogens is 312 g/mol. The van der Waals surface area contributed by atoms with Crippen LogP contribution >= 0.6 is 0 Å². The van der Waals surface area contributed by atoms with Crippen LogP contribution in [0, 0.1) is 0 Å². The summed E-state index contributed by atoms with van der Waals surface area (Å²) in [6.45, 7) is 3.82. The van der Waals surface area contributed by atoms with Crippen molar-refractivity contribution in [1.29, 1.82) is 0 Å². The number of anilines is 1. The minimum absolute atomic E-state index is 0.0629. The molecule has 1 saturated heterocycles. The number of rotatable bonds is 3. The first-order chi connectivity index (χ1) is 12.3. The summed E-state index contributed by atoms with van der Waals surface area (Å²) in [4.78, 5) is 4.78. The molecule has 1 heterocycles. The van der Waals surface area contributed by atoms with Crippen molar-refractivity contribution in [2.24, 2.45) is 0 Å². The smallest absolute Gasteiger partial charge is 0.119 e. The Morgan fingerprint density at radius 2 is 1.68 bits per heavy atom. The van der Waals surface area contributed by atoms with E-state index < -0.39 is 6.10 Å². The zero-order chi connectivity index (χ0) is 17.2. The van der Waals surface area contributed by atoms with Gasteiger partial charge in [-0.25, -0.2) is 0 Å². The van der Waals surface area contributed by atoms with Crippen molar-refractivity contribution < 1.29 is 9.84 Å². The van der Waals surface area contributed by atoms with Gasteiger partial charge in [0.2, 0.25) is 0 Å². The molecule has 4 heteroatoms. The topological polar surface area (TPSA) is 35.9 Å². The third-order valence-corrected chi connectivity index (χ3v) is 5.28. The molecule has 0 aromatic heterocycles. The number of piperazine rings is 1. The zero-order valence-electron chi connectivity index (χ0n) is 14.5. The van der Waals surface area contributed by atoms with Gasteiger partial charge in [0.05, 0.1) is 19.3 Å². The van der Waals surface area contributed by atoms with E-state index >= 15 is 0 Å². The molecule has 4 nitrogen and oxygen atoms in total. The number of fused-ring (bicyclic) bond motifs is 1. The molecule has 0 bridgehead atoms. The lowest BCUT2D eigenvalue weighted by atomic mass is 9.90. The Bertz CT molecular complexity index is 749. The number of methoxy groups -OCH3 is 1. The fourth-order valence-electron chi connectivity index (χ4n) is 3.82. The molecule has 1 N–H and O–H groups in total. The highest BCUT2D eigenvalue weighted by molar-refractivity contribution is 5.58. The van der Waals surface area contributed by atoms with Gasteiger partial charge in [0.15, 0.2) is 0 Å². The van der Waals surface area contributed by atoms with E-state index in [0.29, 0.717) is 0 Å². The maximum Gasteiger partial charge on any atom is 0.119 e. The SMILES string of the molecule is COc1ccc(N2CCN([C@H]3C=Cc4ccccc4[C@@H]3O)CC2)cc1. The van der Waals surface area contributed by atoms with Crippen LogP contribution in [0.25, 0.3) is 6.08 Å². The van der Waals surface area contributed by atoms with E-state index in [0.717, 1.165) is 43.1 Å². The predicted octanol–water partition coefficient (Wildman–Crippen LogP) is 2.95. The number of aliphatic hydroxyl groups is 1. The maximum atomic E-state index is 10.8. The first-order valence-corrected chi connectivity index (χ1v) is 8.84. The Morgan fingerprint density at radius 1 is 0.960 bits per heavy atom. The molecular formula is C21H24N2O2. The van der Waals surface area contributed by atoms with Gasteiger partial charge in [-0.2, -0.15) is 0 Å². The molecule has 0 amide bonds. The standard InChI is InChI=1S/C21H24N2O2/c1-25-18-9-7-17(8-10-18)22-12-14-23(15-13-22)20-11-6-16-4-2-3-5-19(16)21(20)24/h2-11,20-21,24H,12-15H2,1H3/t20-,21-/m0/s1. The summed E-state index contributed by atoms with van der Waals surface area (Å²) in [7, 11) is 1.69. The molecule has 25 heavy (non-hydrogen) atoms. The van der Waals surface area contributed by atoms with Crippen LogP contribution in [0.4, 0.5) is 5.69 Å². The van der Waals surface area contributed by atoms with E-state index in [-0.39, 0.29) is 6.04 Å². The quantitative estimate of drug-likeness (QED) is 0.935. The number of nitrogens with zero attached hydrogens (tertiary/aromatic N) is 2. The highest BCUT2D eigenvalue weighted by Crippen LogP contribution is 2.31. The van der Waals surface area contributed by atoms with Gasteiger partial charge in [-0.1, -0.05) is 36.4 Å². The number of benzene rings is 2. The van der Waals surface area contributed by atoms with Gasteiger partial charge in [0.25, 0.3) is 0 Å². The van der Waals surface area contributed by atoms with E-state index in [1.54, 1.807) is 7.11 Å². The minimum atomic E-state index is -0.450. The summed E-state index contributed by atoms with van der Waals surface area (Å²) < 4.78 is 5.23. The van der Waals surface area contributed by atoms with Crippen LogP contribution in [-0.2, 0) is 0 Å². The van der Waals surface area contributed by atoms with Gasteiger partial charge in [-0.3, -0.25) is 4.90 Å². The summed E-state index contributed by atoms with van der Waals surface area (Å²) in [6, 6.07) is 16.4. The second kappa shape index (κ2) is 6.90. The fraction of sp³-hybridized carbons (Fsp3) is 0.333. The van der Waals surface area contributed by atoms with Crippen LogP contribution in [0.2, 0.25) is 0 Å². The Kier molecular flexibility index (Phi) is 4.47. The highest BCUT2D eigenvalue weighted by atomic mass is 16.5. The highest BCUT2D eigenvalue weighted by Gasteiger charge is 2.31. The van der Waals surface area contributed by atoms with Crippen molar-refractivity contribution in [3.05, 3.63) is 65.7 Å². The lowest BCUT2D eigenvalue weighted by Gasteiger charge is -2.42. The second-order valence-electron chi connectivity index (χ2n) is 6.64. The molecule has 0 unspecified atom stereocenters. The second-order valence-corrected chi connectivity index (χ2v) is 6.64. The zero-order valence-corrected chi connectivity index (χ0v) is 14.5. The largest absolute Gasteiger partial charge is 0.497 e. The fourth-order valence-corrected chi connectivity index (χ4v) is 3.82. The number of ether oxygens (including phenoxy) is 1. The summed E-state index contributed by atoms with van der Waals surface area (Å²) in [5.41, 5.74) is 3.39. The molecule has 4 rings (SSSR count). The Balaban J connectivity index is 1.42. The lowest BCUT2D eigenvalue weighted by Crippen LogP contribution is -2.51. The molecule has 0 radical (unpaired) electrons. The maximum absolute atomic E-state index is 10.8. The molecule has 2 aromatic carbocycles. The van der Waals surface area contributed by atoms with Crippen LogP contribution in [0.1, 0.15) is 17.2 Å². The van der Waals surface area contributed by atoms with Crippen LogP contribution in [0.5, 0.6) is 5.75 Å². The van der Waals surface area contributed by atoms with E-state index in [1.165, 1.54) is 5.69 Å². The van der Waals surface area contributed by atoms with E-state index in [4.69, 9.17) is 4.74 Å². The lowest BCUT2D eigenvalue weighted by molar-refractivity contribution is 0.0684. The van der Waals surface area contributed by atoms with Crippen LogP contribution < -0.4 is 9.64 Å². The Morgan fingerprint density at radius 3 is 2.40 bits per heavy atom. The third-order valence-electron chi connectivity index (χ3n) is 5.28. The molecule has 1 aliphatic carbocycles. The normalized spacial score (nSPS) is 23.4. The monoisotopic (exact) mass is 336 g/mol. The third kappa shape index (κ3) is 3.15. The summed E-state index contributed by atoms with van der Waals surface area (Å²) in [6.07, 6.45) is 3.84. The average molecular weight is 336 g/mol. The predicted molar refractivity (Wildman–Crippen MR) is 101 cm³/mol. The average Bonchev–Trinajstić information content (AvgIpc) is 2.69. The van der Waals surface area contributed by atoms with Gasteiger partial charge < -0.3 is 14.7 Å². The minimum Gasteiger partial charge on any atom is -0.497 e. The summed E-state index contributed by atoms with van der Waals surface area (Å²) >= 11 is 0. The van der Waals surface area contributed by atoms with E-state index in [2.05, 4.69) is 40.2 Å². The van der Waals surface area contributed by atoms with Crippen LogP contribution in [0.3, 0.4) is 0 Å². The molecule has 2 aliphatic rings. The van der Waals surface area contributed by atoms with E-state index in [1.807, 2.05) is 30.3 Å². The molecule has 1 aliphatic heterocycles. The first kappa shape index (κ1) is 16.2. The summed E-state index contributed by atoms with van der Waals surface area (Å²) in [5.74, 6) is 0.886. The molecule has 2 atom stereocenters. The molecule has 0 saturated carbocycles. The van der Waals surface area contributed by atoms with Gasteiger partial charge in [-0.15, -0.1) is 0 Å². The Hall–Kier alpha value is -2.30. The van der Waals surface area contributed by atoms with E-state index in [9.17, 15) is 5.11 Å². The first-order valence-electron chi connectivity index (χ1n) is 8.84. The van der Waals surface area contributed by atoms with Gasteiger partial charge in [0.1, 0.15) is 5.75 Å². The molecule has 1 fully saturated rings. The molecule has 0 spiro atoms. The number of hydrogen-bond acceptors (Lipinski definition) is 4. The van der Waals surface area contributed by atoms with Crippen molar-refractivity contribution in [3.63, 3.8) is 0 Å². The van der Waals surface area contributed by atoms with Crippen LogP contribution in [-0.4, -0.2) is 49.3 Å².